The Balaban J connectivity index is 1.64. The summed E-state index contributed by atoms with van der Waals surface area (Å²) in [7, 11) is 1.78. The quantitative estimate of drug-likeness (QED) is 0.308. The lowest BCUT2D eigenvalue weighted by Gasteiger charge is -2.18. The average Bonchev–Trinajstić information content (AvgIpc) is 3.43. The number of rotatable bonds is 10. The van der Waals surface area contributed by atoms with Crippen molar-refractivity contribution in [2.24, 2.45) is 10.9 Å². The first kappa shape index (κ1) is 20.7. The van der Waals surface area contributed by atoms with Crippen molar-refractivity contribution in [2.75, 3.05) is 20.1 Å². The van der Waals surface area contributed by atoms with Crippen molar-refractivity contribution >= 4 is 27.8 Å². The molecule has 1 aliphatic rings. The molecule has 0 aromatic heterocycles. The fraction of sp³-hybridized carbons (Fsp3) is 0.600. The van der Waals surface area contributed by atoms with Crippen LogP contribution in [0.15, 0.2) is 33.7 Å². The van der Waals surface area contributed by atoms with E-state index in [4.69, 9.17) is 0 Å². The van der Waals surface area contributed by atoms with Crippen molar-refractivity contribution in [3.05, 3.63) is 34.3 Å². The number of hydrogen-bond donors (Lipinski definition) is 3. The molecule has 2 rings (SSSR count). The summed E-state index contributed by atoms with van der Waals surface area (Å²) < 4.78 is 1.13. The molecule has 1 atom stereocenters. The van der Waals surface area contributed by atoms with Crippen LogP contribution in [0.2, 0.25) is 0 Å². The van der Waals surface area contributed by atoms with Crippen LogP contribution in [-0.2, 0) is 11.2 Å². The topological polar surface area (TPSA) is 65.5 Å². The van der Waals surface area contributed by atoms with Gasteiger partial charge in [0.25, 0.3) is 0 Å². The zero-order valence-corrected chi connectivity index (χ0v) is 17.4. The molecule has 0 heterocycles. The highest BCUT2D eigenvalue weighted by atomic mass is 79.9. The Hall–Kier alpha value is -1.56. The van der Waals surface area contributed by atoms with Crippen LogP contribution < -0.4 is 16.0 Å². The molecule has 5 nitrogen and oxygen atoms in total. The minimum absolute atomic E-state index is 0.164. The summed E-state index contributed by atoms with van der Waals surface area (Å²) in [6.07, 6.45) is 5.81. The van der Waals surface area contributed by atoms with Gasteiger partial charge in [0.15, 0.2) is 5.96 Å². The Labute approximate surface area is 165 Å². The van der Waals surface area contributed by atoms with Gasteiger partial charge >= 0.3 is 0 Å². The molecule has 26 heavy (non-hydrogen) atoms. The zero-order valence-electron chi connectivity index (χ0n) is 15.9. The van der Waals surface area contributed by atoms with E-state index in [1.807, 2.05) is 0 Å². The Morgan fingerprint density at radius 3 is 2.81 bits per heavy atom. The van der Waals surface area contributed by atoms with E-state index in [-0.39, 0.29) is 5.91 Å². The molecule has 1 unspecified atom stereocenters. The molecule has 0 aliphatic heterocycles. The van der Waals surface area contributed by atoms with E-state index in [0.717, 1.165) is 55.6 Å². The number of amides is 1. The highest BCUT2D eigenvalue weighted by Crippen LogP contribution is 2.18. The summed E-state index contributed by atoms with van der Waals surface area (Å²) in [5, 5.41) is 9.72. The summed E-state index contributed by atoms with van der Waals surface area (Å²) >= 11 is 3.54. The lowest BCUT2D eigenvalue weighted by Crippen LogP contribution is -2.40. The van der Waals surface area contributed by atoms with E-state index in [9.17, 15) is 4.79 Å². The fourth-order valence-electron chi connectivity index (χ4n) is 2.80. The largest absolute Gasteiger partial charge is 0.356 e. The van der Waals surface area contributed by atoms with Gasteiger partial charge in [0.05, 0.1) is 0 Å². The minimum atomic E-state index is 0.164. The maximum Gasteiger partial charge on any atom is 0.220 e. The molecule has 1 aromatic rings. The minimum Gasteiger partial charge on any atom is -0.356 e. The SMILES string of the molecule is CCC(CNC(=NC)NCCCC(=O)NC1CC1)Cc1cccc(Br)c1. The van der Waals surface area contributed by atoms with E-state index in [1.54, 1.807) is 7.05 Å². The number of carbonyl (C=O) groups is 1. The Morgan fingerprint density at radius 1 is 1.35 bits per heavy atom. The number of hydrogen-bond acceptors (Lipinski definition) is 2. The normalized spacial score (nSPS) is 15.4. The molecule has 1 fully saturated rings. The van der Waals surface area contributed by atoms with Gasteiger partial charge in [0.2, 0.25) is 5.91 Å². The molecule has 1 aromatic carbocycles. The summed E-state index contributed by atoms with van der Waals surface area (Å²) in [5.74, 6) is 1.52. The van der Waals surface area contributed by atoms with Gasteiger partial charge < -0.3 is 16.0 Å². The third kappa shape index (κ3) is 8.21. The second kappa shape index (κ2) is 11.2. The molecule has 0 saturated heterocycles. The van der Waals surface area contributed by atoms with Gasteiger partial charge in [-0.05, 0) is 49.3 Å². The molecule has 0 radical (unpaired) electrons. The van der Waals surface area contributed by atoms with Gasteiger partial charge in [-0.2, -0.15) is 0 Å². The van der Waals surface area contributed by atoms with Crippen molar-refractivity contribution in [1.82, 2.24) is 16.0 Å². The van der Waals surface area contributed by atoms with E-state index in [1.165, 1.54) is 5.56 Å². The Bertz CT molecular complexity index is 601. The lowest BCUT2D eigenvalue weighted by molar-refractivity contribution is -0.121. The summed E-state index contributed by atoms with van der Waals surface area (Å²) in [4.78, 5) is 15.9. The third-order valence-electron chi connectivity index (χ3n) is 4.59. The third-order valence-corrected chi connectivity index (χ3v) is 5.08. The standard InChI is InChI=1S/C20H31BrN4O/c1-3-15(12-16-6-4-7-17(21)13-16)14-24-20(22-2)23-11-5-8-19(26)25-18-9-10-18/h4,6-7,13,15,18H,3,5,8-12,14H2,1-2H3,(H,25,26)(H2,22,23,24). The van der Waals surface area contributed by atoms with E-state index < -0.39 is 0 Å². The van der Waals surface area contributed by atoms with E-state index in [2.05, 4.69) is 68.1 Å². The lowest BCUT2D eigenvalue weighted by atomic mass is 9.97. The molecule has 1 saturated carbocycles. The Kier molecular flexibility index (Phi) is 8.95. The van der Waals surface area contributed by atoms with Crippen molar-refractivity contribution in [3.8, 4) is 0 Å². The van der Waals surface area contributed by atoms with Crippen molar-refractivity contribution in [1.29, 1.82) is 0 Å². The Morgan fingerprint density at radius 2 is 2.15 bits per heavy atom. The number of nitrogens with one attached hydrogen (secondary N) is 3. The maximum atomic E-state index is 11.7. The van der Waals surface area contributed by atoms with Crippen molar-refractivity contribution in [3.63, 3.8) is 0 Å². The number of guanidine groups is 1. The predicted octanol–water partition coefficient (Wildman–Crippen LogP) is 3.24. The van der Waals surface area contributed by atoms with Crippen LogP contribution in [0.25, 0.3) is 0 Å². The van der Waals surface area contributed by atoms with E-state index >= 15 is 0 Å². The summed E-state index contributed by atoms with van der Waals surface area (Å²) in [6, 6.07) is 8.94. The molecule has 144 valence electrons. The van der Waals surface area contributed by atoms with Crippen LogP contribution in [0.4, 0.5) is 0 Å². The molecule has 0 bridgehead atoms. The molecular weight excluding hydrogens is 392 g/mol. The molecule has 1 aliphatic carbocycles. The molecular formula is C20H31BrN4O. The smallest absolute Gasteiger partial charge is 0.220 e. The van der Waals surface area contributed by atoms with Crippen LogP contribution >= 0.6 is 15.9 Å². The second-order valence-corrected chi connectivity index (χ2v) is 7.85. The van der Waals surface area contributed by atoms with Crippen LogP contribution in [0.3, 0.4) is 0 Å². The first-order chi connectivity index (χ1) is 12.6. The molecule has 6 heteroatoms. The number of carbonyl (C=O) groups excluding carboxylic acids is 1. The summed E-state index contributed by atoms with van der Waals surface area (Å²) in [5.41, 5.74) is 1.35. The number of nitrogens with zero attached hydrogens (tertiary/aromatic N) is 1. The van der Waals surface area contributed by atoms with Gasteiger partial charge in [-0.1, -0.05) is 41.4 Å². The fourth-order valence-corrected chi connectivity index (χ4v) is 3.25. The van der Waals surface area contributed by atoms with Crippen LogP contribution in [0.1, 0.15) is 44.6 Å². The first-order valence-electron chi connectivity index (χ1n) is 9.59. The highest BCUT2D eigenvalue weighted by molar-refractivity contribution is 9.10. The number of aliphatic imine (C=N–C) groups is 1. The first-order valence-corrected chi connectivity index (χ1v) is 10.4. The second-order valence-electron chi connectivity index (χ2n) is 6.93. The van der Waals surface area contributed by atoms with Crippen molar-refractivity contribution in [2.45, 2.75) is 51.5 Å². The van der Waals surface area contributed by atoms with Crippen LogP contribution in [-0.4, -0.2) is 38.0 Å². The summed E-state index contributed by atoms with van der Waals surface area (Å²) in [6.45, 7) is 3.85. The van der Waals surface area contributed by atoms with Crippen LogP contribution in [0.5, 0.6) is 0 Å². The maximum absolute atomic E-state index is 11.7. The molecule has 0 spiro atoms. The molecule has 3 N–H and O–H groups in total. The highest BCUT2D eigenvalue weighted by Gasteiger charge is 2.22. The van der Waals surface area contributed by atoms with Crippen LogP contribution in [0, 0.1) is 5.92 Å². The van der Waals surface area contributed by atoms with Gasteiger partial charge in [-0.25, -0.2) is 0 Å². The number of benzene rings is 1. The zero-order chi connectivity index (χ0) is 18.8. The van der Waals surface area contributed by atoms with Gasteiger partial charge in [0, 0.05) is 37.1 Å². The molecule has 1 amide bonds. The average molecular weight is 423 g/mol. The van der Waals surface area contributed by atoms with E-state index in [0.29, 0.717) is 18.4 Å². The van der Waals surface area contributed by atoms with Gasteiger partial charge in [-0.3, -0.25) is 9.79 Å². The van der Waals surface area contributed by atoms with Crippen molar-refractivity contribution < 1.29 is 4.79 Å². The van der Waals surface area contributed by atoms with Gasteiger partial charge in [0.1, 0.15) is 0 Å². The predicted molar refractivity (Wildman–Crippen MR) is 111 cm³/mol. The van der Waals surface area contributed by atoms with Gasteiger partial charge in [-0.15, -0.1) is 0 Å². The number of halogens is 1. The monoisotopic (exact) mass is 422 g/mol.